The highest BCUT2D eigenvalue weighted by molar-refractivity contribution is 5.76. The van der Waals surface area contributed by atoms with Gasteiger partial charge in [0.15, 0.2) is 0 Å². The van der Waals surface area contributed by atoms with Gasteiger partial charge in [0.05, 0.1) is 6.10 Å². The summed E-state index contributed by atoms with van der Waals surface area (Å²) in [7, 11) is 0. The van der Waals surface area contributed by atoms with Crippen LogP contribution in [-0.2, 0) is 11.2 Å². The van der Waals surface area contributed by atoms with Gasteiger partial charge in [-0.3, -0.25) is 4.79 Å². The molecule has 0 spiro atoms. The molecule has 1 rings (SSSR count). The van der Waals surface area contributed by atoms with Gasteiger partial charge in [-0.2, -0.15) is 0 Å². The molecule has 1 atom stereocenters. The molecule has 3 heteroatoms. The van der Waals surface area contributed by atoms with Crippen molar-refractivity contribution < 1.29 is 9.90 Å². The van der Waals surface area contributed by atoms with Crippen molar-refractivity contribution in [2.45, 2.75) is 53.1 Å². The normalized spacial score (nSPS) is 13.1. The zero-order chi connectivity index (χ0) is 15.2. The van der Waals surface area contributed by atoms with E-state index >= 15 is 0 Å². The first-order valence-corrected chi connectivity index (χ1v) is 7.29. The fourth-order valence-electron chi connectivity index (χ4n) is 2.44. The Kier molecular flexibility index (Phi) is 6.21. The molecule has 0 saturated carbocycles. The fraction of sp³-hybridized carbons (Fsp3) is 0.588. The van der Waals surface area contributed by atoms with Crippen LogP contribution in [0.2, 0.25) is 0 Å². The molecule has 0 aliphatic heterocycles. The minimum Gasteiger partial charge on any atom is -0.393 e. The van der Waals surface area contributed by atoms with Gasteiger partial charge in [0.25, 0.3) is 0 Å². The maximum Gasteiger partial charge on any atom is 0.220 e. The average Bonchev–Trinajstić information content (AvgIpc) is 2.34. The Balaban J connectivity index is 2.36. The highest BCUT2D eigenvalue weighted by atomic mass is 16.3. The first-order valence-electron chi connectivity index (χ1n) is 7.29. The number of nitrogens with one attached hydrogen (secondary N) is 1. The van der Waals surface area contributed by atoms with Gasteiger partial charge in [0, 0.05) is 13.0 Å². The lowest BCUT2D eigenvalue weighted by Gasteiger charge is -2.26. The third kappa shape index (κ3) is 6.20. The van der Waals surface area contributed by atoms with Gasteiger partial charge < -0.3 is 10.4 Å². The second-order valence-electron chi connectivity index (χ2n) is 6.42. The zero-order valence-electron chi connectivity index (χ0n) is 13.1. The molecule has 2 N–H and O–H groups in total. The molecule has 0 heterocycles. The van der Waals surface area contributed by atoms with Crippen LogP contribution in [0.5, 0.6) is 0 Å². The summed E-state index contributed by atoms with van der Waals surface area (Å²) >= 11 is 0. The SMILES string of the molecule is Cc1ccccc1CCC(=O)NCC(C)(C)CC(C)O. The van der Waals surface area contributed by atoms with Crippen molar-refractivity contribution in [3.63, 3.8) is 0 Å². The summed E-state index contributed by atoms with van der Waals surface area (Å²) in [6.45, 7) is 8.56. The molecule has 0 aromatic heterocycles. The number of aliphatic hydroxyl groups is 1. The highest BCUT2D eigenvalue weighted by Gasteiger charge is 2.20. The van der Waals surface area contributed by atoms with Crippen LogP contribution in [0.25, 0.3) is 0 Å². The number of hydrogen-bond acceptors (Lipinski definition) is 2. The van der Waals surface area contributed by atoms with Gasteiger partial charge >= 0.3 is 0 Å². The Labute approximate surface area is 122 Å². The van der Waals surface area contributed by atoms with E-state index in [9.17, 15) is 9.90 Å². The number of rotatable bonds is 7. The van der Waals surface area contributed by atoms with Crippen molar-refractivity contribution in [1.29, 1.82) is 0 Å². The maximum atomic E-state index is 11.9. The van der Waals surface area contributed by atoms with Gasteiger partial charge in [-0.25, -0.2) is 0 Å². The highest BCUT2D eigenvalue weighted by Crippen LogP contribution is 2.21. The molecule has 1 amide bonds. The lowest BCUT2D eigenvalue weighted by atomic mass is 9.87. The van der Waals surface area contributed by atoms with E-state index in [1.54, 1.807) is 6.92 Å². The Hall–Kier alpha value is -1.35. The number of carbonyl (C=O) groups is 1. The van der Waals surface area contributed by atoms with E-state index in [4.69, 9.17) is 0 Å². The van der Waals surface area contributed by atoms with Crippen molar-refractivity contribution >= 4 is 5.91 Å². The van der Waals surface area contributed by atoms with Crippen LogP contribution in [0.4, 0.5) is 0 Å². The molecule has 1 aromatic carbocycles. The third-order valence-electron chi connectivity index (χ3n) is 3.49. The molecule has 20 heavy (non-hydrogen) atoms. The molecule has 0 aliphatic rings. The quantitative estimate of drug-likeness (QED) is 0.805. The number of aliphatic hydroxyl groups excluding tert-OH is 1. The van der Waals surface area contributed by atoms with Crippen LogP contribution in [0.3, 0.4) is 0 Å². The second-order valence-corrected chi connectivity index (χ2v) is 6.42. The van der Waals surface area contributed by atoms with E-state index in [2.05, 4.69) is 38.2 Å². The number of aryl methyl sites for hydroxylation is 2. The van der Waals surface area contributed by atoms with Crippen LogP contribution in [-0.4, -0.2) is 23.7 Å². The molecule has 0 aliphatic carbocycles. The molecular weight excluding hydrogens is 250 g/mol. The van der Waals surface area contributed by atoms with E-state index in [1.165, 1.54) is 11.1 Å². The molecular formula is C17H27NO2. The number of hydrogen-bond donors (Lipinski definition) is 2. The van der Waals surface area contributed by atoms with Gasteiger partial charge in [-0.1, -0.05) is 38.1 Å². The van der Waals surface area contributed by atoms with Crippen molar-refractivity contribution in [1.82, 2.24) is 5.32 Å². The van der Waals surface area contributed by atoms with Crippen molar-refractivity contribution in [3.8, 4) is 0 Å². The number of amides is 1. The van der Waals surface area contributed by atoms with Crippen LogP contribution < -0.4 is 5.32 Å². The Morgan fingerprint density at radius 1 is 1.35 bits per heavy atom. The summed E-state index contributed by atoms with van der Waals surface area (Å²) in [6.07, 6.45) is 1.63. The van der Waals surface area contributed by atoms with Crippen LogP contribution in [0, 0.1) is 12.3 Å². The van der Waals surface area contributed by atoms with E-state index in [0.29, 0.717) is 19.4 Å². The number of carbonyl (C=O) groups excluding carboxylic acids is 1. The Bertz CT molecular complexity index is 438. The summed E-state index contributed by atoms with van der Waals surface area (Å²) in [5, 5.41) is 12.4. The first kappa shape index (κ1) is 16.7. The lowest BCUT2D eigenvalue weighted by molar-refractivity contribution is -0.121. The largest absolute Gasteiger partial charge is 0.393 e. The average molecular weight is 277 g/mol. The number of benzene rings is 1. The predicted octanol–water partition coefficient (Wildman–Crippen LogP) is 2.84. The summed E-state index contributed by atoms with van der Waals surface area (Å²) in [6, 6.07) is 8.16. The Morgan fingerprint density at radius 2 is 2.00 bits per heavy atom. The molecule has 0 bridgehead atoms. The van der Waals surface area contributed by atoms with E-state index < -0.39 is 0 Å². The molecule has 1 unspecified atom stereocenters. The van der Waals surface area contributed by atoms with Gasteiger partial charge in [-0.15, -0.1) is 0 Å². The summed E-state index contributed by atoms with van der Waals surface area (Å²) in [5.41, 5.74) is 2.38. The lowest BCUT2D eigenvalue weighted by Crippen LogP contribution is -2.35. The van der Waals surface area contributed by atoms with E-state index in [1.807, 2.05) is 12.1 Å². The van der Waals surface area contributed by atoms with Gasteiger partial charge in [-0.05, 0) is 43.2 Å². The first-order chi connectivity index (χ1) is 9.30. The molecule has 1 aromatic rings. The molecule has 0 radical (unpaired) electrons. The minimum absolute atomic E-state index is 0.0759. The van der Waals surface area contributed by atoms with E-state index in [-0.39, 0.29) is 17.4 Å². The van der Waals surface area contributed by atoms with Crippen LogP contribution >= 0.6 is 0 Å². The van der Waals surface area contributed by atoms with Crippen molar-refractivity contribution in [2.24, 2.45) is 5.41 Å². The molecule has 3 nitrogen and oxygen atoms in total. The van der Waals surface area contributed by atoms with Crippen LogP contribution in [0.1, 0.15) is 44.7 Å². The topological polar surface area (TPSA) is 49.3 Å². The fourth-order valence-corrected chi connectivity index (χ4v) is 2.44. The maximum absolute atomic E-state index is 11.9. The van der Waals surface area contributed by atoms with Crippen molar-refractivity contribution in [3.05, 3.63) is 35.4 Å². The smallest absolute Gasteiger partial charge is 0.220 e. The minimum atomic E-state index is -0.339. The summed E-state index contributed by atoms with van der Waals surface area (Å²) in [5.74, 6) is 0.0759. The molecule has 0 fully saturated rings. The van der Waals surface area contributed by atoms with Crippen LogP contribution in [0.15, 0.2) is 24.3 Å². The summed E-state index contributed by atoms with van der Waals surface area (Å²) < 4.78 is 0. The second kappa shape index (κ2) is 7.44. The Morgan fingerprint density at radius 3 is 2.60 bits per heavy atom. The standard InChI is InChI=1S/C17H27NO2/c1-13-7-5-6-8-15(13)9-10-16(20)18-12-17(3,4)11-14(2)19/h5-8,14,19H,9-12H2,1-4H3,(H,18,20). The van der Waals surface area contributed by atoms with Gasteiger partial charge in [0.1, 0.15) is 0 Å². The van der Waals surface area contributed by atoms with Crippen molar-refractivity contribution in [2.75, 3.05) is 6.54 Å². The summed E-state index contributed by atoms with van der Waals surface area (Å²) in [4.78, 5) is 11.9. The predicted molar refractivity (Wildman–Crippen MR) is 82.6 cm³/mol. The van der Waals surface area contributed by atoms with E-state index in [0.717, 1.165) is 6.42 Å². The molecule has 112 valence electrons. The monoisotopic (exact) mass is 277 g/mol. The molecule has 0 saturated heterocycles. The van der Waals surface area contributed by atoms with Gasteiger partial charge in [0.2, 0.25) is 5.91 Å². The third-order valence-corrected chi connectivity index (χ3v) is 3.49. The zero-order valence-corrected chi connectivity index (χ0v) is 13.1.